The maximum Gasteiger partial charge on any atom is 0.128 e. The van der Waals surface area contributed by atoms with E-state index in [2.05, 4.69) is 11.4 Å². The molecule has 3 atom stereocenters. The summed E-state index contributed by atoms with van der Waals surface area (Å²) in [5.74, 6) is 0.603. The number of alkyl halides is 1. The van der Waals surface area contributed by atoms with Crippen molar-refractivity contribution in [3.05, 3.63) is 27.8 Å². The molecule has 1 aromatic carbocycles. The number of benzene rings is 1. The van der Waals surface area contributed by atoms with Gasteiger partial charge in [-0.2, -0.15) is 5.26 Å². The van der Waals surface area contributed by atoms with E-state index in [0.717, 1.165) is 11.1 Å². The SMILES string of the molecule is CCOc1c(C(C)Cl)cc(Cl)c(C#N)c1C1CNC(O)C1. The lowest BCUT2D eigenvalue weighted by Crippen LogP contribution is -2.19. The summed E-state index contributed by atoms with van der Waals surface area (Å²) in [4.78, 5) is 0. The second-order valence-corrected chi connectivity index (χ2v) is 6.14. The first-order valence-electron chi connectivity index (χ1n) is 6.94. The second-order valence-electron chi connectivity index (χ2n) is 5.08. The lowest BCUT2D eigenvalue weighted by molar-refractivity contribution is 0.159. The van der Waals surface area contributed by atoms with Crippen molar-refractivity contribution in [1.29, 1.82) is 5.26 Å². The van der Waals surface area contributed by atoms with Crippen LogP contribution in [0.5, 0.6) is 5.75 Å². The van der Waals surface area contributed by atoms with Gasteiger partial charge in [0.15, 0.2) is 0 Å². The van der Waals surface area contributed by atoms with E-state index in [1.54, 1.807) is 6.07 Å². The van der Waals surface area contributed by atoms with E-state index in [-0.39, 0.29) is 11.3 Å². The molecule has 1 aliphatic rings. The zero-order valence-electron chi connectivity index (χ0n) is 12.0. The zero-order valence-corrected chi connectivity index (χ0v) is 13.5. The van der Waals surface area contributed by atoms with Crippen LogP contribution in [0.1, 0.15) is 48.3 Å². The highest BCUT2D eigenvalue weighted by Gasteiger charge is 2.31. The van der Waals surface area contributed by atoms with E-state index >= 15 is 0 Å². The third-order valence-electron chi connectivity index (χ3n) is 3.64. The molecule has 21 heavy (non-hydrogen) atoms. The molecule has 2 N–H and O–H groups in total. The minimum Gasteiger partial charge on any atom is -0.493 e. The average molecular weight is 329 g/mol. The van der Waals surface area contributed by atoms with Gasteiger partial charge in [0.2, 0.25) is 0 Å². The molecule has 0 aliphatic carbocycles. The summed E-state index contributed by atoms with van der Waals surface area (Å²) in [6, 6.07) is 3.86. The number of aliphatic hydroxyl groups is 1. The Bertz CT molecular complexity index is 570. The van der Waals surface area contributed by atoms with Gasteiger partial charge in [-0.3, -0.25) is 5.32 Å². The monoisotopic (exact) mass is 328 g/mol. The summed E-state index contributed by atoms with van der Waals surface area (Å²) in [6.07, 6.45) is -0.0579. The molecule has 0 amide bonds. The Kier molecular flexibility index (Phi) is 5.34. The molecule has 114 valence electrons. The maximum absolute atomic E-state index is 9.70. The van der Waals surface area contributed by atoms with E-state index in [9.17, 15) is 10.4 Å². The topological polar surface area (TPSA) is 65.3 Å². The number of hydrogen-bond donors (Lipinski definition) is 2. The highest BCUT2D eigenvalue weighted by Crippen LogP contribution is 2.43. The summed E-state index contributed by atoms with van der Waals surface area (Å²) in [5, 5.41) is 22.2. The van der Waals surface area contributed by atoms with E-state index in [4.69, 9.17) is 27.9 Å². The number of hydrogen-bond acceptors (Lipinski definition) is 4. The molecular formula is C15H18Cl2N2O2. The number of nitriles is 1. The highest BCUT2D eigenvalue weighted by molar-refractivity contribution is 6.32. The number of nitrogens with zero attached hydrogens (tertiary/aromatic N) is 1. The van der Waals surface area contributed by atoms with Gasteiger partial charge in [-0.1, -0.05) is 11.6 Å². The van der Waals surface area contributed by atoms with Crippen molar-refractivity contribution in [3.63, 3.8) is 0 Å². The third kappa shape index (κ3) is 3.27. The van der Waals surface area contributed by atoms with Crippen molar-refractivity contribution in [1.82, 2.24) is 5.32 Å². The van der Waals surface area contributed by atoms with Crippen LogP contribution in [0.2, 0.25) is 5.02 Å². The van der Waals surface area contributed by atoms with Gasteiger partial charge in [0.25, 0.3) is 0 Å². The zero-order chi connectivity index (χ0) is 15.6. The smallest absolute Gasteiger partial charge is 0.128 e. The molecule has 0 bridgehead atoms. The van der Waals surface area contributed by atoms with Crippen molar-refractivity contribution >= 4 is 23.2 Å². The molecule has 1 heterocycles. The molecule has 3 unspecified atom stereocenters. The molecule has 2 rings (SSSR count). The third-order valence-corrected chi connectivity index (χ3v) is 4.18. The molecule has 4 nitrogen and oxygen atoms in total. The van der Waals surface area contributed by atoms with Crippen LogP contribution in [-0.4, -0.2) is 24.5 Å². The van der Waals surface area contributed by atoms with Gasteiger partial charge in [-0.15, -0.1) is 11.6 Å². The van der Waals surface area contributed by atoms with Gasteiger partial charge in [-0.25, -0.2) is 0 Å². The Morgan fingerprint density at radius 2 is 2.33 bits per heavy atom. The summed E-state index contributed by atoms with van der Waals surface area (Å²) in [5.41, 5.74) is 1.93. The van der Waals surface area contributed by atoms with Crippen molar-refractivity contribution in [3.8, 4) is 11.8 Å². The Morgan fingerprint density at radius 3 is 2.81 bits per heavy atom. The molecule has 0 aromatic heterocycles. The van der Waals surface area contributed by atoms with Gasteiger partial charge in [0, 0.05) is 23.6 Å². The van der Waals surface area contributed by atoms with E-state index in [0.29, 0.717) is 35.9 Å². The lowest BCUT2D eigenvalue weighted by atomic mass is 9.89. The number of ether oxygens (including phenoxy) is 1. The predicted octanol–water partition coefficient (Wildman–Crippen LogP) is 3.31. The number of aliphatic hydroxyl groups excluding tert-OH is 1. The summed E-state index contributed by atoms with van der Waals surface area (Å²) in [7, 11) is 0. The van der Waals surface area contributed by atoms with Crippen LogP contribution in [0, 0.1) is 11.3 Å². The molecular weight excluding hydrogens is 311 g/mol. The van der Waals surface area contributed by atoms with Crippen LogP contribution in [0.4, 0.5) is 0 Å². The molecule has 0 spiro atoms. The Hall–Kier alpha value is -0.990. The Labute approximate surface area is 134 Å². The first-order chi connectivity index (χ1) is 9.99. The second kappa shape index (κ2) is 6.85. The van der Waals surface area contributed by atoms with Gasteiger partial charge >= 0.3 is 0 Å². The van der Waals surface area contributed by atoms with Gasteiger partial charge in [0.1, 0.15) is 18.0 Å². The molecule has 6 heteroatoms. The maximum atomic E-state index is 9.70. The minimum absolute atomic E-state index is 0.0240. The Morgan fingerprint density at radius 1 is 1.62 bits per heavy atom. The predicted molar refractivity (Wildman–Crippen MR) is 83.0 cm³/mol. The minimum atomic E-state index is -0.577. The van der Waals surface area contributed by atoms with Crippen LogP contribution in [0.15, 0.2) is 6.07 Å². The fraction of sp³-hybridized carbons (Fsp3) is 0.533. The summed E-state index contributed by atoms with van der Waals surface area (Å²) >= 11 is 12.5. The van der Waals surface area contributed by atoms with Crippen LogP contribution in [-0.2, 0) is 0 Å². The normalized spacial score (nSPS) is 22.9. The van der Waals surface area contributed by atoms with Gasteiger partial charge in [0.05, 0.1) is 22.6 Å². The van der Waals surface area contributed by atoms with Crippen molar-refractivity contribution in [2.45, 2.75) is 37.8 Å². The highest BCUT2D eigenvalue weighted by atomic mass is 35.5. The fourth-order valence-electron chi connectivity index (χ4n) is 2.71. The molecule has 0 saturated carbocycles. The van der Waals surface area contributed by atoms with Crippen LogP contribution in [0.25, 0.3) is 0 Å². The lowest BCUT2D eigenvalue weighted by Gasteiger charge is -2.22. The molecule has 1 fully saturated rings. The molecule has 1 aromatic rings. The van der Waals surface area contributed by atoms with Crippen molar-refractivity contribution in [2.75, 3.05) is 13.2 Å². The Balaban J connectivity index is 2.65. The first kappa shape index (κ1) is 16.4. The van der Waals surface area contributed by atoms with Crippen molar-refractivity contribution < 1.29 is 9.84 Å². The van der Waals surface area contributed by atoms with Crippen LogP contribution < -0.4 is 10.1 Å². The van der Waals surface area contributed by atoms with Gasteiger partial charge < -0.3 is 9.84 Å². The molecule has 1 aliphatic heterocycles. The van der Waals surface area contributed by atoms with Gasteiger partial charge in [-0.05, 0) is 26.3 Å². The number of halogens is 2. The number of nitrogens with one attached hydrogen (secondary N) is 1. The van der Waals surface area contributed by atoms with E-state index < -0.39 is 6.23 Å². The number of rotatable bonds is 4. The first-order valence-corrected chi connectivity index (χ1v) is 7.75. The molecule has 0 radical (unpaired) electrons. The van der Waals surface area contributed by atoms with E-state index in [1.807, 2.05) is 13.8 Å². The largest absolute Gasteiger partial charge is 0.493 e. The standard InChI is InChI=1S/C15H18Cl2N2O2/c1-3-21-15-10(8(2)16)5-12(17)11(6-18)14(15)9-4-13(20)19-7-9/h5,8-9,13,19-20H,3-4,7H2,1-2H3. The molecule has 1 saturated heterocycles. The summed E-state index contributed by atoms with van der Waals surface area (Å²) in [6.45, 7) is 4.77. The fourth-order valence-corrected chi connectivity index (χ4v) is 3.13. The summed E-state index contributed by atoms with van der Waals surface area (Å²) < 4.78 is 5.77. The quantitative estimate of drug-likeness (QED) is 0.832. The van der Waals surface area contributed by atoms with Crippen molar-refractivity contribution in [2.24, 2.45) is 0 Å². The average Bonchev–Trinajstić information content (AvgIpc) is 2.86. The van der Waals surface area contributed by atoms with Crippen LogP contribution in [0.3, 0.4) is 0 Å². The van der Waals surface area contributed by atoms with Crippen LogP contribution >= 0.6 is 23.2 Å². The van der Waals surface area contributed by atoms with E-state index in [1.165, 1.54) is 0 Å².